The monoisotopic (exact) mass is 268 g/mol. The summed E-state index contributed by atoms with van der Waals surface area (Å²) in [5.74, 6) is 0. The Morgan fingerprint density at radius 3 is 2.67 bits per heavy atom. The van der Waals surface area contributed by atoms with Crippen molar-refractivity contribution >= 4 is 22.2 Å². The first-order chi connectivity index (χ1) is 8.55. The molecule has 0 fully saturated rings. The minimum atomic E-state index is -4.38. The Morgan fingerprint density at radius 1 is 1.17 bits per heavy atom. The van der Waals surface area contributed by atoms with Crippen LogP contribution in [-0.4, -0.2) is 9.97 Å². The summed E-state index contributed by atoms with van der Waals surface area (Å²) in [7, 11) is 0. The Kier molecular flexibility index (Phi) is 2.41. The molecule has 0 aliphatic heterocycles. The number of benzene rings is 1. The molecule has 3 rings (SSSR count). The first-order valence-electron chi connectivity index (χ1n) is 5.15. The smallest absolute Gasteiger partial charge is 0.360 e. The average Bonchev–Trinajstić information content (AvgIpc) is 2.94. The molecule has 92 valence electrons. The molecule has 0 saturated heterocycles. The molecule has 0 radical (unpaired) electrons. The number of fused-ring (bicyclic) bond motifs is 1. The first-order valence-corrected chi connectivity index (χ1v) is 6.03. The lowest BCUT2D eigenvalue weighted by molar-refractivity contribution is -0.137. The lowest BCUT2D eigenvalue weighted by Gasteiger charge is -1.99. The van der Waals surface area contributed by atoms with E-state index in [1.54, 1.807) is 6.20 Å². The summed E-state index contributed by atoms with van der Waals surface area (Å²) < 4.78 is 37.5. The van der Waals surface area contributed by atoms with Crippen LogP contribution in [0.2, 0.25) is 0 Å². The number of alkyl halides is 3. The molecule has 0 unspecified atom stereocenters. The van der Waals surface area contributed by atoms with Gasteiger partial charge < -0.3 is 4.98 Å². The number of hydrogen-bond donors (Lipinski definition) is 1. The van der Waals surface area contributed by atoms with E-state index in [2.05, 4.69) is 9.97 Å². The van der Waals surface area contributed by atoms with Crippen LogP contribution in [-0.2, 0) is 6.18 Å². The molecule has 1 N–H and O–H groups in total. The van der Waals surface area contributed by atoms with Gasteiger partial charge in [-0.3, -0.25) is 0 Å². The number of nitrogens with one attached hydrogen (secondary N) is 1. The Balaban J connectivity index is 2.13. The SMILES string of the molecule is FC(F)(F)c1nc(-c2c[nH]c3ccccc23)cs1. The fraction of sp³-hybridized carbons (Fsp3) is 0.0833. The van der Waals surface area contributed by atoms with Crippen LogP contribution < -0.4 is 0 Å². The van der Waals surface area contributed by atoms with Crippen LogP contribution in [0.1, 0.15) is 5.01 Å². The predicted octanol–water partition coefficient (Wildman–Crippen LogP) is 4.31. The fourth-order valence-electron chi connectivity index (χ4n) is 1.81. The van der Waals surface area contributed by atoms with Crippen LogP contribution in [0.25, 0.3) is 22.2 Å². The molecular formula is C12H7F3N2S. The van der Waals surface area contributed by atoms with Crippen molar-refractivity contribution in [1.29, 1.82) is 0 Å². The Hall–Kier alpha value is -1.82. The minimum Gasteiger partial charge on any atom is -0.360 e. The molecule has 0 aliphatic rings. The van der Waals surface area contributed by atoms with Crippen molar-refractivity contribution in [3.8, 4) is 11.3 Å². The van der Waals surface area contributed by atoms with Gasteiger partial charge in [-0.1, -0.05) is 18.2 Å². The molecule has 6 heteroatoms. The van der Waals surface area contributed by atoms with Crippen molar-refractivity contribution in [3.63, 3.8) is 0 Å². The van der Waals surface area contributed by atoms with Crippen molar-refractivity contribution in [2.24, 2.45) is 0 Å². The van der Waals surface area contributed by atoms with E-state index in [0.29, 0.717) is 22.6 Å². The van der Waals surface area contributed by atoms with E-state index in [1.807, 2.05) is 24.3 Å². The summed E-state index contributed by atoms with van der Waals surface area (Å²) in [4.78, 5) is 6.67. The van der Waals surface area contributed by atoms with Gasteiger partial charge in [0, 0.05) is 28.0 Å². The lowest BCUT2D eigenvalue weighted by Crippen LogP contribution is -2.03. The second kappa shape index (κ2) is 3.84. The van der Waals surface area contributed by atoms with E-state index in [-0.39, 0.29) is 0 Å². The highest BCUT2D eigenvalue weighted by Crippen LogP contribution is 2.36. The van der Waals surface area contributed by atoms with Crippen molar-refractivity contribution in [1.82, 2.24) is 9.97 Å². The van der Waals surface area contributed by atoms with Crippen molar-refractivity contribution < 1.29 is 13.2 Å². The van der Waals surface area contributed by atoms with Crippen LogP contribution in [0.5, 0.6) is 0 Å². The number of para-hydroxylation sites is 1. The Bertz CT molecular complexity index is 696. The second-order valence-electron chi connectivity index (χ2n) is 3.78. The van der Waals surface area contributed by atoms with Crippen molar-refractivity contribution in [2.45, 2.75) is 6.18 Å². The maximum absolute atomic E-state index is 12.5. The third-order valence-electron chi connectivity index (χ3n) is 2.61. The highest BCUT2D eigenvalue weighted by Gasteiger charge is 2.34. The minimum absolute atomic E-state index is 0.352. The zero-order chi connectivity index (χ0) is 12.8. The second-order valence-corrected chi connectivity index (χ2v) is 4.64. The fourth-order valence-corrected chi connectivity index (χ4v) is 2.50. The van der Waals surface area contributed by atoms with Gasteiger partial charge in [-0.15, -0.1) is 11.3 Å². The predicted molar refractivity (Wildman–Crippen MR) is 64.4 cm³/mol. The van der Waals surface area contributed by atoms with E-state index in [9.17, 15) is 13.2 Å². The van der Waals surface area contributed by atoms with Gasteiger partial charge in [-0.2, -0.15) is 13.2 Å². The van der Waals surface area contributed by atoms with Gasteiger partial charge in [0.1, 0.15) is 0 Å². The van der Waals surface area contributed by atoms with Crippen LogP contribution in [0.15, 0.2) is 35.8 Å². The summed E-state index contributed by atoms with van der Waals surface area (Å²) >= 11 is 0.613. The zero-order valence-corrected chi connectivity index (χ0v) is 9.77. The summed E-state index contributed by atoms with van der Waals surface area (Å²) in [5, 5.41) is 1.48. The highest BCUT2D eigenvalue weighted by atomic mass is 32.1. The number of halogens is 3. The number of thiazole rings is 1. The molecule has 3 aromatic rings. The number of aromatic amines is 1. The van der Waals surface area contributed by atoms with Crippen LogP contribution in [0.3, 0.4) is 0 Å². The zero-order valence-electron chi connectivity index (χ0n) is 8.95. The number of H-pyrrole nitrogens is 1. The molecular weight excluding hydrogens is 261 g/mol. The Morgan fingerprint density at radius 2 is 1.94 bits per heavy atom. The van der Waals surface area contributed by atoms with Crippen molar-refractivity contribution in [3.05, 3.63) is 40.8 Å². The van der Waals surface area contributed by atoms with Crippen LogP contribution >= 0.6 is 11.3 Å². The van der Waals surface area contributed by atoms with Gasteiger partial charge in [-0.25, -0.2) is 4.98 Å². The maximum Gasteiger partial charge on any atom is 0.443 e. The van der Waals surface area contributed by atoms with Gasteiger partial charge in [0.15, 0.2) is 5.01 Å². The van der Waals surface area contributed by atoms with Gasteiger partial charge in [0.25, 0.3) is 0 Å². The average molecular weight is 268 g/mol. The molecule has 0 aliphatic carbocycles. The molecule has 0 bridgehead atoms. The number of nitrogens with zero attached hydrogens (tertiary/aromatic N) is 1. The van der Waals surface area contributed by atoms with E-state index in [0.717, 1.165) is 10.9 Å². The maximum atomic E-state index is 12.5. The molecule has 0 saturated carbocycles. The van der Waals surface area contributed by atoms with Gasteiger partial charge in [0.05, 0.1) is 5.69 Å². The topological polar surface area (TPSA) is 28.7 Å². The Labute approximate surface area is 104 Å². The molecule has 1 aromatic carbocycles. The molecule has 0 amide bonds. The highest BCUT2D eigenvalue weighted by molar-refractivity contribution is 7.10. The molecule has 0 atom stereocenters. The van der Waals surface area contributed by atoms with Crippen LogP contribution in [0, 0.1) is 0 Å². The summed E-state index contributed by atoms with van der Waals surface area (Å²) in [5.41, 5.74) is 1.93. The molecule has 0 spiro atoms. The first kappa shape index (κ1) is 11.3. The third-order valence-corrected chi connectivity index (χ3v) is 3.50. The standard InChI is InChI=1S/C12H7F3N2S/c13-12(14,15)11-17-10(6-18-11)8-5-16-9-4-2-1-3-7(8)9/h1-6,16H. The summed E-state index contributed by atoms with van der Waals surface area (Å²) in [6, 6.07) is 7.44. The van der Waals surface area contributed by atoms with Crippen LogP contribution in [0.4, 0.5) is 13.2 Å². The number of aromatic nitrogens is 2. The molecule has 18 heavy (non-hydrogen) atoms. The summed E-state index contributed by atoms with van der Waals surface area (Å²) in [6.07, 6.45) is -2.70. The molecule has 2 aromatic heterocycles. The lowest BCUT2D eigenvalue weighted by atomic mass is 10.1. The van der Waals surface area contributed by atoms with E-state index < -0.39 is 11.2 Å². The van der Waals surface area contributed by atoms with Gasteiger partial charge in [0.2, 0.25) is 0 Å². The largest absolute Gasteiger partial charge is 0.443 e. The van der Waals surface area contributed by atoms with E-state index >= 15 is 0 Å². The number of hydrogen-bond acceptors (Lipinski definition) is 2. The molecule has 2 heterocycles. The van der Waals surface area contributed by atoms with Crippen molar-refractivity contribution in [2.75, 3.05) is 0 Å². The third kappa shape index (κ3) is 1.78. The van der Waals surface area contributed by atoms with Gasteiger partial charge >= 0.3 is 6.18 Å². The van der Waals surface area contributed by atoms with E-state index in [4.69, 9.17) is 0 Å². The quantitative estimate of drug-likeness (QED) is 0.700. The summed E-state index contributed by atoms with van der Waals surface area (Å²) in [6.45, 7) is 0. The molecule has 2 nitrogen and oxygen atoms in total. The van der Waals surface area contributed by atoms with Gasteiger partial charge in [-0.05, 0) is 6.07 Å². The normalized spacial score (nSPS) is 12.2. The number of rotatable bonds is 1. The van der Waals surface area contributed by atoms with E-state index in [1.165, 1.54) is 5.38 Å².